The van der Waals surface area contributed by atoms with Crippen molar-refractivity contribution in [2.75, 3.05) is 26.3 Å². The Morgan fingerprint density at radius 3 is 2.39 bits per heavy atom. The maximum atomic E-state index is 15.3. The van der Waals surface area contributed by atoms with E-state index in [0.717, 1.165) is 60.3 Å². The SMILES string of the molecule is C[C@H]1CC[C@@H](C2=C(c3ccc(C(F)(F)C4CN(CCCF)C4)cc3)c3ccc(C(=O)O)cc3CCC2)CC1. The number of aryl methyl sites for hydroxylation is 1. The average Bonchev–Trinajstić information content (AvgIpc) is 3.07. The molecule has 1 aliphatic heterocycles. The third kappa shape index (κ3) is 5.42. The highest BCUT2D eigenvalue weighted by atomic mass is 19.3. The summed E-state index contributed by atoms with van der Waals surface area (Å²) in [7, 11) is 0. The molecule has 0 radical (unpaired) electrons. The van der Waals surface area contributed by atoms with Crippen LogP contribution < -0.4 is 0 Å². The molecule has 204 valence electrons. The lowest BCUT2D eigenvalue weighted by Gasteiger charge is -2.43. The van der Waals surface area contributed by atoms with E-state index in [1.165, 1.54) is 18.4 Å². The zero-order valence-corrected chi connectivity index (χ0v) is 22.2. The molecule has 2 aromatic carbocycles. The van der Waals surface area contributed by atoms with E-state index >= 15 is 8.78 Å². The van der Waals surface area contributed by atoms with Crippen molar-refractivity contribution in [1.82, 2.24) is 4.90 Å². The molecule has 2 aromatic rings. The second-order valence-corrected chi connectivity index (χ2v) is 11.6. The minimum Gasteiger partial charge on any atom is -0.478 e. The minimum atomic E-state index is -2.93. The molecule has 0 aromatic heterocycles. The maximum absolute atomic E-state index is 15.3. The average molecular weight is 526 g/mol. The van der Waals surface area contributed by atoms with E-state index in [0.29, 0.717) is 32.0 Å². The summed E-state index contributed by atoms with van der Waals surface area (Å²) < 4.78 is 43.1. The van der Waals surface area contributed by atoms with Crippen LogP contribution in [-0.2, 0) is 12.3 Å². The third-order valence-corrected chi connectivity index (χ3v) is 8.98. The first-order chi connectivity index (χ1) is 18.3. The lowest BCUT2D eigenvalue weighted by molar-refractivity contribution is -0.124. The Balaban J connectivity index is 1.48. The number of fused-ring (bicyclic) bond motifs is 1. The van der Waals surface area contributed by atoms with Crippen LogP contribution in [-0.4, -0.2) is 42.3 Å². The highest BCUT2D eigenvalue weighted by Gasteiger charge is 2.47. The summed E-state index contributed by atoms with van der Waals surface area (Å²) >= 11 is 0. The van der Waals surface area contributed by atoms with Gasteiger partial charge in [-0.15, -0.1) is 0 Å². The maximum Gasteiger partial charge on any atom is 0.335 e. The minimum absolute atomic E-state index is 0.0279. The zero-order valence-electron chi connectivity index (χ0n) is 22.2. The van der Waals surface area contributed by atoms with E-state index < -0.39 is 24.5 Å². The number of halogens is 3. The van der Waals surface area contributed by atoms with E-state index in [2.05, 4.69) is 6.92 Å². The van der Waals surface area contributed by atoms with Crippen LogP contribution in [0, 0.1) is 17.8 Å². The van der Waals surface area contributed by atoms with E-state index in [9.17, 15) is 14.3 Å². The molecule has 0 atom stereocenters. The molecule has 2 aliphatic carbocycles. The first kappa shape index (κ1) is 27.0. The molecule has 3 aliphatic rings. The number of carbonyl (C=O) groups is 1. The molecule has 3 nitrogen and oxygen atoms in total. The van der Waals surface area contributed by atoms with Gasteiger partial charge >= 0.3 is 5.97 Å². The van der Waals surface area contributed by atoms with Crippen molar-refractivity contribution in [3.05, 3.63) is 75.9 Å². The van der Waals surface area contributed by atoms with Gasteiger partial charge in [-0.1, -0.05) is 55.7 Å². The summed E-state index contributed by atoms with van der Waals surface area (Å²) in [6.07, 6.45) is 7.77. The van der Waals surface area contributed by atoms with Crippen molar-refractivity contribution in [2.24, 2.45) is 17.8 Å². The number of hydrogen-bond acceptors (Lipinski definition) is 2. The fourth-order valence-electron chi connectivity index (χ4n) is 6.66. The first-order valence-corrected chi connectivity index (χ1v) is 14.1. The van der Waals surface area contributed by atoms with Gasteiger partial charge in [0.15, 0.2) is 0 Å². The van der Waals surface area contributed by atoms with E-state index in [1.54, 1.807) is 24.3 Å². The lowest BCUT2D eigenvalue weighted by Crippen LogP contribution is -2.53. The van der Waals surface area contributed by atoms with Crippen molar-refractivity contribution in [1.29, 1.82) is 0 Å². The Bertz CT molecular complexity index is 1180. The highest BCUT2D eigenvalue weighted by Crippen LogP contribution is 2.45. The van der Waals surface area contributed by atoms with Crippen molar-refractivity contribution in [2.45, 2.75) is 64.2 Å². The molecule has 0 spiro atoms. The van der Waals surface area contributed by atoms with Gasteiger partial charge in [0.2, 0.25) is 0 Å². The van der Waals surface area contributed by atoms with Crippen molar-refractivity contribution in [3.63, 3.8) is 0 Å². The van der Waals surface area contributed by atoms with E-state index in [-0.39, 0.29) is 11.1 Å². The summed E-state index contributed by atoms with van der Waals surface area (Å²) in [6, 6.07) is 12.2. The molecule has 2 fully saturated rings. The fourth-order valence-corrected chi connectivity index (χ4v) is 6.66. The Morgan fingerprint density at radius 2 is 1.74 bits per heavy atom. The number of aromatic carboxylic acids is 1. The van der Waals surface area contributed by atoms with Gasteiger partial charge < -0.3 is 10.0 Å². The summed E-state index contributed by atoms with van der Waals surface area (Å²) in [5.41, 5.74) is 5.84. The molecule has 1 saturated carbocycles. The van der Waals surface area contributed by atoms with Crippen LogP contribution in [0.5, 0.6) is 0 Å². The standard InChI is InChI=1S/C32H38F3NO2/c1-21-6-8-22(9-7-21)28-5-2-4-24-18-25(31(37)38)12-15-29(24)30(28)23-10-13-26(14-11-23)32(34,35)27-19-36(20-27)17-3-16-33/h10-15,18,21-22,27H,2-9,16-17,19-20H2,1H3,(H,37,38)/t21-,22+. The summed E-state index contributed by atoms with van der Waals surface area (Å²) in [6.45, 7) is 3.01. The van der Waals surface area contributed by atoms with Crippen LogP contribution in [0.3, 0.4) is 0 Å². The van der Waals surface area contributed by atoms with Gasteiger partial charge in [0.1, 0.15) is 0 Å². The van der Waals surface area contributed by atoms with Crippen LogP contribution in [0.4, 0.5) is 13.2 Å². The predicted molar refractivity (Wildman–Crippen MR) is 144 cm³/mol. The molecule has 1 saturated heterocycles. The van der Waals surface area contributed by atoms with E-state index in [4.69, 9.17) is 0 Å². The van der Waals surface area contributed by atoms with Gasteiger partial charge in [-0.3, -0.25) is 4.39 Å². The molecule has 0 unspecified atom stereocenters. The topological polar surface area (TPSA) is 40.5 Å². The van der Waals surface area contributed by atoms with Gasteiger partial charge in [-0.25, -0.2) is 13.6 Å². The van der Waals surface area contributed by atoms with Crippen LogP contribution in [0.2, 0.25) is 0 Å². The second kappa shape index (κ2) is 11.3. The summed E-state index contributed by atoms with van der Waals surface area (Å²) in [5, 5.41) is 9.55. The van der Waals surface area contributed by atoms with Crippen LogP contribution in [0.1, 0.15) is 84.5 Å². The molecule has 0 amide bonds. The molecular formula is C32H38F3NO2. The number of rotatable bonds is 8. The zero-order chi connectivity index (χ0) is 26.9. The van der Waals surface area contributed by atoms with Crippen molar-refractivity contribution in [3.8, 4) is 0 Å². The Kier molecular flexibility index (Phi) is 7.99. The largest absolute Gasteiger partial charge is 0.478 e. The Morgan fingerprint density at radius 1 is 1.03 bits per heavy atom. The number of hydrogen-bond donors (Lipinski definition) is 1. The number of alkyl halides is 3. The second-order valence-electron chi connectivity index (χ2n) is 11.6. The van der Waals surface area contributed by atoms with Gasteiger partial charge in [-0.2, -0.15) is 0 Å². The summed E-state index contributed by atoms with van der Waals surface area (Å²) in [5.74, 6) is -3.42. The van der Waals surface area contributed by atoms with Gasteiger partial charge in [0.05, 0.1) is 18.2 Å². The molecule has 1 N–H and O–H groups in total. The molecule has 0 bridgehead atoms. The van der Waals surface area contributed by atoms with Gasteiger partial charge in [-0.05, 0) is 84.8 Å². The monoisotopic (exact) mass is 525 g/mol. The number of carboxylic acids is 1. The predicted octanol–water partition coefficient (Wildman–Crippen LogP) is 7.73. The van der Waals surface area contributed by atoms with Crippen LogP contribution in [0.15, 0.2) is 48.0 Å². The number of likely N-dealkylation sites (tertiary alicyclic amines) is 1. The lowest BCUT2D eigenvalue weighted by atomic mass is 9.75. The molecule has 6 heteroatoms. The van der Waals surface area contributed by atoms with Gasteiger partial charge in [0, 0.05) is 25.2 Å². The fraction of sp³-hybridized carbons (Fsp3) is 0.531. The Labute approximate surface area is 223 Å². The number of benzene rings is 2. The van der Waals surface area contributed by atoms with Crippen LogP contribution >= 0.6 is 0 Å². The molecule has 5 rings (SSSR count). The van der Waals surface area contributed by atoms with E-state index in [1.807, 2.05) is 23.1 Å². The number of allylic oxidation sites excluding steroid dienone is 1. The van der Waals surface area contributed by atoms with Crippen molar-refractivity contribution < 1.29 is 23.1 Å². The van der Waals surface area contributed by atoms with Crippen LogP contribution in [0.25, 0.3) is 5.57 Å². The number of nitrogens with zero attached hydrogens (tertiary/aromatic N) is 1. The molecule has 1 heterocycles. The smallest absolute Gasteiger partial charge is 0.335 e. The van der Waals surface area contributed by atoms with Gasteiger partial charge in [0.25, 0.3) is 5.92 Å². The highest BCUT2D eigenvalue weighted by molar-refractivity contribution is 5.90. The normalized spacial score (nSPS) is 23.1. The third-order valence-electron chi connectivity index (χ3n) is 8.98. The van der Waals surface area contributed by atoms with Crippen molar-refractivity contribution >= 4 is 11.5 Å². The molecule has 38 heavy (non-hydrogen) atoms. The Hall–Kier alpha value is -2.60. The summed E-state index contributed by atoms with van der Waals surface area (Å²) in [4.78, 5) is 13.5. The quantitative estimate of drug-likeness (QED) is 0.383. The number of carboxylic acid groups (broad SMARTS) is 1. The molecular weight excluding hydrogens is 487 g/mol. The first-order valence-electron chi connectivity index (χ1n) is 14.1.